The van der Waals surface area contributed by atoms with Crippen LogP contribution in [0.1, 0.15) is 36.5 Å². The monoisotopic (exact) mass is 592 g/mol. The van der Waals surface area contributed by atoms with Gasteiger partial charge in [-0.25, -0.2) is 9.97 Å². The van der Waals surface area contributed by atoms with Crippen molar-refractivity contribution in [3.05, 3.63) is 110 Å². The van der Waals surface area contributed by atoms with Gasteiger partial charge in [-0.3, -0.25) is 14.9 Å². The molecule has 224 valence electrons. The Labute approximate surface area is 254 Å². The van der Waals surface area contributed by atoms with E-state index in [1.807, 2.05) is 56.3 Å². The maximum atomic E-state index is 13.9. The first kappa shape index (κ1) is 29.9. The van der Waals surface area contributed by atoms with Gasteiger partial charge >= 0.3 is 0 Å². The topological polar surface area (TPSA) is 125 Å². The average molecular weight is 593 g/mol. The average Bonchev–Trinajstić information content (AvgIpc) is 3.01. The molecule has 0 bridgehead atoms. The third-order valence-corrected chi connectivity index (χ3v) is 7.17. The number of benzene rings is 3. The number of para-hydroxylation sites is 1. The van der Waals surface area contributed by atoms with E-state index < -0.39 is 4.92 Å². The molecule has 0 amide bonds. The quantitative estimate of drug-likeness (QED) is 0.107. The molecule has 0 atom stereocenters. The summed E-state index contributed by atoms with van der Waals surface area (Å²) in [5, 5.41) is 16.2. The van der Waals surface area contributed by atoms with Crippen molar-refractivity contribution in [3.8, 4) is 28.8 Å². The molecule has 0 N–H and O–H groups in total. The van der Waals surface area contributed by atoms with Crippen molar-refractivity contribution in [1.29, 1.82) is 0 Å². The molecule has 0 fully saturated rings. The molecule has 0 spiro atoms. The summed E-state index contributed by atoms with van der Waals surface area (Å²) in [5.41, 5.74) is 4.10. The SMILES string of the molecule is COc1cc(C)c(-c2nc3ccccc3c(=O)n2N=Cc2ccc(N(C)C)cc2Oc2ccc([N+](=O)[O-])cn2)cc1C(C)C. The van der Waals surface area contributed by atoms with Crippen molar-refractivity contribution in [2.45, 2.75) is 26.7 Å². The number of nitro groups is 1. The lowest BCUT2D eigenvalue weighted by molar-refractivity contribution is -0.385. The lowest BCUT2D eigenvalue weighted by Crippen LogP contribution is -2.21. The molecule has 11 nitrogen and oxygen atoms in total. The predicted molar refractivity (Wildman–Crippen MR) is 172 cm³/mol. The Balaban J connectivity index is 1.67. The highest BCUT2D eigenvalue weighted by molar-refractivity contribution is 5.86. The summed E-state index contributed by atoms with van der Waals surface area (Å²) in [7, 11) is 5.43. The van der Waals surface area contributed by atoms with E-state index in [-0.39, 0.29) is 23.0 Å². The highest BCUT2D eigenvalue weighted by atomic mass is 16.6. The molecule has 2 aromatic heterocycles. The molecule has 0 saturated carbocycles. The molecule has 0 unspecified atom stereocenters. The van der Waals surface area contributed by atoms with Gasteiger partial charge in [-0.05, 0) is 60.4 Å². The number of pyridine rings is 1. The number of nitrogens with zero attached hydrogens (tertiary/aromatic N) is 6. The Hall–Kier alpha value is -5.58. The molecular formula is C33H32N6O5. The minimum absolute atomic E-state index is 0.147. The maximum Gasteiger partial charge on any atom is 0.287 e. The van der Waals surface area contributed by atoms with Gasteiger partial charge in [0.1, 0.15) is 17.7 Å². The molecular weight excluding hydrogens is 560 g/mol. The molecule has 2 heterocycles. The van der Waals surface area contributed by atoms with E-state index in [9.17, 15) is 14.9 Å². The lowest BCUT2D eigenvalue weighted by atomic mass is 9.96. The van der Waals surface area contributed by atoms with Crippen molar-refractivity contribution in [2.75, 3.05) is 26.1 Å². The normalized spacial score (nSPS) is 11.3. The van der Waals surface area contributed by atoms with Gasteiger partial charge in [0.25, 0.3) is 11.2 Å². The van der Waals surface area contributed by atoms with Crippen molar-refractivity contribution in [1.82, 2.24) is 14.6 Å². The van der Waals surface area contributed by atoms with Crippen LogP contribution in [0.2, 0.25) is 0 Å². The van der Waals surface area contributed by atoms with Crippen LogP contribution in [-0.2, 0) is 0 Å². The molecule has 0 aliphatic rings. The van der Waals surface area contributed by atoms with Crippen molar-refractivity contribution in [2.24, 2.45) is 5.10 Å². The Morgan fingerprint density at radius 1 is 1.05 bits per heavy atom. The summed E-state index contributed by atoms with van der Waals surface area (Å²) in [4.78, 5) is 35.3. The summed E-state index contributed by atoms with van der Waals surface area (Å²) in [6.45, 7) is 6.10. The fraction of sp³-hybridized carbons (Fsp3) is 0.212. The van der Waals surface area contributed by atoms with Crippen LogP contribution in [-0.4, -0.2) is 47.0 Å². The van der Waals surface area contributed by atoms with Gasteiger partial charge in [-0.15, -0.1) is 0 Å². The van der Waals surface area contributed by atoms with Crippen molar-refractivity contribution < 1.29 is 14.4 Å². The van der Waals surface area contributed by atoms with Gasteiger partial charge in [0.2, 0.25) is 5.88 Å². The molecule has 0 radical (unpaired) electrons. The number of aromatic nitrogens is 3. The van der Waals surface area contributed by atoms with E-state index in [1.165, 1.54) is 23.0 Å². The number of aryl methyl sites for hydroxylation is 1. The minimum Gasteiger partial charge on any atom is -0.496 e. The van der Waals surface area contributed by atoms with E-state index in [1.54, 1.807) is 31.4 Å². The van der Waals surface area contributed by atoms with E-state index in [2.05, 4.69) is 23.9 Å². The van der Waals surface area contributed by atoms with E-state index in [0.717, 1.165) is 34.3 Å². The van der Waals surface area contributed by atoms with Crippen LogP contribution in [0.25, 0.3) is 22.3 Å². The lowest BCUT2D eigenvalue weighted by Gasteiger charge is -2.18. The number of ether oxygens (including phenoxy) is 2. The molecule has 11 heteroatoms. The largest absolute Gasteiger partial charge is 0.496 e. The number of methoxy groups -OCH3 is 1. The Morgan fingerprint density at radius 3 is 2.48 bits per heavy atom. The molecule has 0 aliphatic heterocycles. The third kappa shape index (κ3) is 5.98. The molecule has 5 rings (SSSR count). The molecule has 5 aromatic rings. The summed E-state index contributed by atoms with van der Waals surface area (Å²) < 4.78 is 13.0. The summed E-state index contributed by atoms with van der Waals surface area (Å²) in [6, 6.07) is 19.4. The van der Waals surface area contributed by atoms with Crippen molar-refractivity contribution in [3.63, 3.8) is 0 Å². The van der Waals surface area contributed by atoms with E-state index in [4.69, 9.17) is 14.5 Å². The van der Waals surface area contributed by atoms with Crippen LogP contribution in [0, 0.1) is 17.0 Å². The fourth-order valence-electron chi connectivity index (χ4n) is 4.74. The van der Waals surface area contributed by atoms with Gasteiger partial charge in [0, 0.05) is 49.1 Å². The minimum atomic E-state index is -0.525. The van der Waals surface area contributed by atoms with Crippen LogP contribution in [0.15, 0.2) is 82.8 Å². The zero-order chi connectivity index (χ0) is 31.5. The van der Waals surface area contributed by atoms with Gasteiger partial charge in [-0.2, -0.15) is 9.78 Å². The number of fused-ring (bicyclic) bond motifs is 1. The van der Waals surface area contributed by atoms with Gasteiger partial charge < -0.3 is 14.4 Å². The number of hydrogen-bond acceptors (Lipinski definition) is 9. The standard InChI is InChI=1S/C33H32N6O5/c1-20(2)26-17-27(21(3)15-30(26)43-6)32-36-28-10-8-7-9-25(28)33(40)38(32)35-18-22-11-12-23(37(4)5)16-29(22)44-31-14-13-24(19-34-31)39(41)42/h7-20H,1-6H3. The van der Waals surface area contributed by atoms with E-state index >= 15 is 0 Å². The first-order chi connectivity index (χ1) is 21.1. The number of hydrogen-bond donors (Lipinski definition) is 0. The first-order valence-electron chi connectivity index (χ1n) is 13.9. The van der Waals surface area contributed by atoms with Crippen LogP contribution in [0.3, 0.4) is 0 Å². The molecule has 0 aliphatic carbocycles. The predicted octanol–water partition coefficient (Wildman–Crippen LogP) is 6.55. The zero-order valence-electron chi connectivity index (χ0n) is 25.3. The van der Waals surface area contributed by atoms with Crippen LogP contribution in [0.4, 0.5) is 11.4 Å². The molecule has 44 heavy (non-hydrogen) atoms. The van der Waals surface area contributed by atoms with E-state index in [0.29, 0.717) is 28.0 Å². The van der Waals surface area contributed by atoms with Crippen LogP contribution in [0.5, 0.6) is 17.4 Å². The number of anilines is 1. The summed E-state index contributed by atoms with van der Waals surface area (Å²) >= 11 is 0. The Bertz CT molecular complexity index is 1950. The second-order valence-corrected chi connectivity index (χ2v) is 10.7. The fourth-order valence-corrected chi connectivity index (χ4v) is 4.74. The first-order valence-corrected chi connectivity index (χ1v) is 13.9. The summed E-state index contributed by atoms with van der Waals surface area (Å²) in [6.07, 6.45) is 2.66. The van der Waals surface area contributed by atoms with Crippen LogP contribution < -0.4 is 19.9 Å². The third-order valence-electron chi connectivity index (χ3n) is 7.17. The molecule has 0 saturated heterocycles. The van der Waals surface area contributed by atoms with Crippen LogP contribution >= 0.6 is 0 Å². The maximum absolute atomic E-state index is 13.9. The van der Waals surface area contributed by atoms with Gasteiger partial charge in [0.15, 0.2) is 5.82 Å². The highest BCUT2D eigenvalue weighted by Gasteiger charge is 2.19. The van der Waals surface area contributed by atoms with Crippen molar-refractivity contribution >= 4 is 28.5 Å². The highest BCUT2D eigenvalue weighted by Crippen LogP contribution is 2.34. The smallest absolute Gasteiger partial charge is 0.287 e. The zero-order valence-corrected chi connectivity index (χ0v) is 25.3. The van der Waals surface area contributed by atoms with Gasteiger partial charge in [0.05, 0.1) is 29.2 Å². The summed E-state index contributed by atoms with van der Waals surface area (Å²) in [5.74, 6) is 1.88. The second kappa shape index (κ2) is 12.3. The Morgan fingerprint density at radius 2 is 1.82 bits per heavy atom. The number of rotatable bonds is 9. The Kier molecular flexibility index (Phi) is 8.38. The molecule has 3 aromatic carbocycles. The second-order valence-electron chi connectivity index (χ2n) is 10.7. The van der Waals surface area contributed by atoms with Gasteiger partial charge in [-0.1, -0.05) is 26.0 Å².